The van der Waals surface area contributed by atoms with Gasteiger partial charge in [-0.25, -0.2) is 9.79 Å². The monoisotopic (exact) mass is 451 g/mol. The van der Waals surface area contributed by atoms with Gasteiger partial charge in [-0.2, -0.15) is 0 Å². The molecule has 0 bridgehead atoms. The first-order valence-corrected chi connectivity index (χ1v) is 11.3. The summed E-state index contributed by atoms with van der Waals surface area (Å²) in [7, 11) is 3.13. The van der Waals surface area contributed by atoms with Gasteiger partial charge in [0, 0.05) is 12.7 Å². The molecule has 0 aliphatic carbocycles. The first kappa shape index (κ1) is 22.0. The summed E-state index contributed by atoms with van der Waals surface area (Å²) in [5.74, 6) is 0.267. The summed E-state index contributed by atoms with van der Waals surface area (Å²) in [4.78, 5) is 34.2. The molecule has 0 spiro atoms. The molecular weight excluding hydrogens is 426 g/mol. The highest BCUT2D eigenvalue weighted by molar-refractivity contribution is 8.16. The molecule has 166 valence electrons. The number of allylic oxidation sites excluding steroid dienone is 1. The van der Waals surface area contributed by atoms with Crippen LogP contribution in [0.1, 0.15) is 37.1 Å². The van der Waals surface area contributed by atoms with E-state index >= 15 is 0 Å². The van der Waals surface area contributed by atoms with Crippen LogP contribution in [-0.4, -0.2) is 41.0 Å². The van der Waals surface area contributed by atoms with E-state index in [0.29, 0.717) is 24.2 Å². The molecule has 2 aromatic rings. The molecule has 4 rings (SSSR count). The Kier molecular flexibility index (Phi) is 6.50. The van der Waals surface area contributed by atoms with Crippen LogP contribution in [0.2, 0.25) is 0 Å². The van der Waals surface area contributed by atoms with Crippen molar-refractivity contribution in [2.24, 2.45) is 4.99 Å². The van der Waals surface area contributed by atoms with Gasteiger partial charge in [-0.15, -0.1) is 0 Å². The largest absolute Gasteiger partial charge is 0.467 e. The topological polar surface area (TPSA) is 75.3 Å². The molecule has 2 aliphatic heterocycles. The Morgan fingerprint density at radius 2 is 2.00 bits per heavy atom. The van der Waals surface area contributed by atoms with Crippen LogP contribution in [0, 0.1) is 0 Å². The third-order valence-corrected chi connectivity index (χ3v) is 6.36. The third-order valence-electron chi connectivity index (χ3n) is 5.48. The maximum absolute atomic E-state index is 13.0. The SMILES string of the molecule is CCC1=C(C(=O)OC)[C@H](c2ccccc2)N2C(CC(=O)N(C)Cc3ccco3)=CSC2=N1. The number of methoxy groups -OCH3 is 1. The van der Waals surface area contributed by atoms with Crippen LogP contribution in [-0.2, 0) is 20.9 Å². The number of hydrogen-bond donors (Lipinski definition) is 0. The highest BCUT2D eigenvalue weighted by Crippen LogP contribution is 2.45. The second kappa shape index (κ2) is 9.48. The third kappa shape index (κ3) is 4.23. The Hall–Kier alpha value is -3.26. The molecule has 7 nitrogen and oxygen atoms in total. The zero-order valence-electron chi connectivity index (χ0n) is 18.3. The minimum atomic E-state index is -0.407. The number of ether oxygens (including phenoxy) is 1. The fourth-order valence-corrected chi connectivity index (χ4v) is 4.81. The van der Waals surface area contributed by atoms with Crippen molar-refractivity contribution in [3.05, 3.63) is 82.4 Å². The van der Waals surface area contributed by atoms with Crippen LogP contribution in [0.5, 0.6) is 0 Å². The Morgan fingerprint density at radius 1 is 1.22 bits per heavy atom. The van der Waals surface area contributed by atoms with Gasteiger partial charge >= 0.3 is 5.97 Å². The zero-order valence-corrected chi connectivity index (χ0v) is 19.1. The number of hydrogen-bond acceptors (Lipinski definition) is 7. The molecule has 1 aromatic heterocycles. The summed E-state index contributed by atoms with van der Waals surface area (Å²) >= 11 is 1.47. The van der Waals surface area contributed by atoms with Crippen molar-refractivity contribution in [2.45, 2.75) is 32.4 Å². The number of amidine groups is 1. The first-order chi connectivity index (χ1) is 15.5. The molecule has 1 aromatic carbocycles. The number of nitrogens with zero attached hydrogens (tertiary/aromatic N) is 3. The van der Waals surface area contributed by atoms with Crippen molar-refractivity contribution in [3.63, 3.8) is 0 Å². The maximum atomic E-state index is 13.0. The molecule has 1 atom stereocenters. The van der Waals surface area contributed by atoms with Crippen molar-refractivity contribution in [3.8, 4) is 0 Å². The number of rotatable bonds is 7. The molecule has 0 radical (unpaired) electrons. The van der Waals surface area contributed by atoms with Crippen molar-refractivity contribution in [1.82, 2.24) is 9.80 Å². The average molecular weight is 452 g/mol. The Morgan fingerprint density at radius 3 is 2.66 bits per heavy atom. The van der Waals surface area contributed by atoms with Crippen LogP contribution in [0.25, 0.3) is 0 Å². The minimum Gasteiger partial charge on any atom is -0.467 e. The number of esters is 1. The Balaban J connectivity index is 1.65. The standard InChI is InChI=1S/C24H25N3O4S/c1-4-19-21(23(29)30-3)22(16-9-6-5-7-10-16)27-17(15-32-24(27)25-19)13-20(28)26(2)14-18-11-8-12-31-18/h5-12,15,22H,4,13-14H2,1-3H3/t22-/m0/s1. The number of aliphatic imine (C=N–C) groups is 1. The molecule has 0 saturated carbocycles. The summed E-state index contributed by atoms with van der Waals surface area (Å²) in [5.41, 5.74) is 2.96. The number of carbonyl (C=O) groups excluding carboxylic acids is 2. The van der Waals surface area contributed by atoms with E-state index in [9.17, 15) is 9.59 Å². The van der Waals surface area contributed by atoms with Gasteiger partial charge in [0.2, 0.25) is 5.91 Å². The van der Waals surface area contributed by atoms with E-state index in [1.54, 1.807) is 24.3 Å². The number of thioether (sulfide) groups is 1. The van der Waals surface area contributed by atoms with Crippen molar-refractivity contribution in [2.75, 3.05) is 14.2 Å². The van der Waals surface area contributed by atoms with E-state index in [4.69, 9.17) is 14.1 Å². The molecule has 8 heteroatoms. The summed E-state index contributed by atoms with van der Waals surface area (Å²) in [6, 6.07) is 13.0. The van der Waals surface area contributed by atoms with Crippen molar-refractivity contribution in [1.29, 1.82) is 0 Å². The molecule has 0 fully saturated rings. The summed E-state index contributed by atoms with van der Waals surface area (Å²) in [6.07, 6.45) is 2.38. The predicted molar refractivity (Wildman–Crippen MR) is 123 cm³/mol. The van der Waals surface area contributed by atoms with Gasteiger partial charge in [-0.05, 0) is 29.5 Å². The molecule has 0 unspecified atom stereocenters. The average Bonchev–Trinajstić information content (AvgIpc) is 3.47. The smallest absolute Gasteiger partial charge is 0.338 e. The number of carbonyl (C=O) groups is 2. The van der Waals surface area contributed by atoms with E-state index in [-0.39, 0.29) is 12.3 Å². The highest BCUT2D eigenvalue weighted by Gasteiger charge is 2.41. The van der Waals surface area contributed by atoms with Gasteiger partial charge in [-0.1, -0.05) is 49.0 Å². The van der Waals surface area contributed by atoms with Gasteiger partial charge in [-0.3, -0.25) is 4.79 Å². The molecule has 1 amide bonds. The molecule has 3 heterocycles. The predicted octanol–water partition coefficient (Wildman–Crippen LogP) is 4.47. The van der Waals surface area contributed by atoms with E-state index in [1.807, 2.05) is 53.6 Å². The number of benzene rings is 1. The summed E-state index contributed by atoms with van der Waals surface area (Å²) < 4.78 is 10.5. The highest BCUT2D eigenvalue weighted by atomic mass is 32.2. The van der Waals surface area contributed by atoms with Crippen molar-refractivity contribution < 1.29 is 18.7 Å². The minimum absolute atomic E-state index is 0.0498. The van der Waals surface area contributed by atoms with E-state index in [0.717, 1.165) is 22.2 Å². The first-order valence-electron chi connectivity index (χ1n) is 10.4. The summed E-state index contributed by atoms with van der Waals surface area (Å²) in [5, 5.41) is 2.71. The maximum Gasteiger partial charge on any atom is 0.338 e. The van der Waals surface area contributed by atoms with Gasteiger partial charge in [0.1, 0.15) is 5.76 Å². The second-order valence-corrected chi connectivity index (χ2v) is 8.35. The molecule has 2 aliphatic rings. The van der Waals surface area contributed by atoms with Crippen LogP contribution in [0.15, 0.2) is 80.5 Å². The van der Waals surface area contributed by atoms with Gasteiger partial charge in [0.05, 0.1) is 43.7 Å². The second-order valence-electron chi connectivity index (χ2n) is 7.52. The Bertz CT molecular complexity index is 1090. The van der Waals surface area contributed by atoms with E-state index in [2.05, 4.69) is 0 Å². The van der Waals surface area contributed by atoms with E-state index < -0.39 is 12.0 Å². The van der Waals surface area contributed by atoms with Crippen LogP contribution >= 0.6 is 11.8 Å². The fourth-order valence-electron chi connectivity index (χ4n) is 3.88. The quantitative estimate of drug-likeness (QED) is 0.579. The number of fused-ring (bicyclic) bond motifs is 1. The van der Waals surface area contributed by atoms with Crippen LogP contribution in [0.3, 0.4) is 0 Å². The lowest BCUT2D eigenvalue weighted by molar-refractivity contribution is -0.136. The molecule has 0 N–H and O–H groups in total. The lowest BCUT2D eigenvalue weighted by atomic mass is 9.93. The molecule has 32 heavy (non-hydrogen) atoms. The van der Waals surface area contributed by atoms with Crippen molar-refractivity contribution >= 4 is 28.8 Å². The van der Waals surface area contributed by atoms with Gasteiger partial charge in [0.15, 0.2) is 5.17 Å². The Labute approximate surface area is 191 Å². The normalized spacial score (nSPS) is 17.6. The van der Waals surface area contributed by atoms with E-state index in [1.165, 1.54) is 18.9 Å². The number of furan rings is 1. The van der Waals surface area contributed by atoms with Gasteiger partial charge in [0.25, 0.3) is 0 Å². The summed E-state index contributed by atoms with van der Waals surface area (Å²) in [6.45, 7) is 2.36. The molecular formula is C24H25N3O4S. The molecule has 0 saturated heterocycles. The number of amides is 1. The lowest BCUT2D eigenvalue weighted by Gasteiger charge is -2.36. The van der Waals surface area contributed by atoms with Crippen LogP contribution in [0.4, 0.5) is 0 Å². The fraction of sp³-hybridized carbons (Fsp3) is 0.292. The van der Waals surface area contributed by atoms with Gasteiger partial charge < -0.3 is 19.0 Å². The van der Waals surface area contributed by atoms with Crippen LogP contribution < -0.4 is 0 Å². The zero-order chi connectivity index (χ0) is 22.7. The lowest BCUT2D eigenvalue weighted by Crippen LogP contribution is -2.38.